The van der Waals surface area contributed by atoms with Gasteiger partial charge in [-0.15, -0.1) is 11.3 Å². The Morgan fingerprint density at radius 1 is 1.32 bits per heavy atom. The number of hydrogen-bond donors (Lipinski definition) is 0. The molecule has 0 aliphatic rings. The van der Waals surface area contributed by atoms with Crippen LogP contribution in [-0.4, -0.2) is 18.1 Å². The predicted molar refractivity (Wildman–Crippen MR) is 78.3 cm³/mol. The van der Waals surface area contributed by atoms with E-state index < -0.39 is 5.97 Å². The highest BCUT2D eigenvalue weighted by Gasteiger charge is 2.18. The van der Waals surface area contributed by atoms with E-state index >= 15 is 0 Å². The molecule has 2 rings (SSSR count). The second-order valence-corrected chi connectivity index (χ2v) is 5.75. The first-order chi connectivity index (χ1) is 9.05. The Morgan fingerprint density at radius 3 is 2.47 bits per heavy atom. The van der Waals surface area contributed by atoms with E-state index in [1.165, 1.54) is 18.4 Å². The van der Waals surface area contributed by atoms with Crippen molar-refractivity contribution in [1.29, 1.82) is 0 Å². The summed E-state index contributed by atoms with van der Waals surface area (Å²) >= 11 is 13.4. The lowest BCUT2D eigenvalue weighted by atomic mass is 10.2. The molecule has 0 atom stereocenters. The van der Waals surface area contributed by atoms with Crippen LogP contribution in [-0.2, 0) is 11.2 Å². The van der Waals surface area contributed by atoms with Crippen LogP contribution in [0.15, 0.2) is 18.2 Å². The molecule has 2 aromatic rings. The molecule has 0 bridgehead atoms. The average Bonchev–Trinajstić information content (AvgIpc) is 2.80. The molecule has 1 aromatic carbocycles. The number of esters is 1. The first kappa shape index (κ1) is 14.3. The number of hydrogen-bond acceptors (Lipinski definition) is 4. The van der Waals surface area contributed by atoms with Gasteiger partial charge in [0.1, 0.15) is 5.01 Å². The Balaban J connectivity index is 2.51. The summed E-state index contributed by atoms with van der Waals surface area (Å²) < 4.78 is 4.73. The van der Waals surface area contributed by atoms with Crippen LogP contribution in [0, 0.1) is 0 Å². The molecule has 0 N–H and O–H groups in total. The molecular formula is C13H11Cl2NO2S. The van der Waals surface area contributed by atoms with Crippen molar-refractivity contribution in [1.82, 2.24) is 4.98 Å². The van der Waals surface area contributed by atoms with Gasteiger partial charge in [-0.3, -0.25) is 0 Å². The molecule has 0 aliphatic carbocycles. The maximum atomic E-state index is 11.6. The lowest BCUT2D eigenvalue weighted by molar-refractivity contribution is 0.0594. The SMILES string of the molecule is CCc1sc(-c2cc(Cl)cc(Cl)c2)nc1C(=O)OC. The number of ether oxygens (including phenoxy) is 1. The maximum absolute atomic E-state index is 11.6. The fourth-order valence-electron chi connectivity index (χ4n) is 1.65. The zero-order chi connectivity index (χ0) is 14.0. The highest BCUT2D eigenvalue weighted by Crippen LogP contribution is 2.32. The molecular weight excluding hydrogens is 305 g/mol. The van der Waals surface area contributed by atoms with Gasteiger partial charge in [0, 0.05) is 20.5 Å². The average molecular weight is 316 g/mol. The van der Waals surface area contributed by atoms with Crippen molar-refractivity contribution in [2.24, 2.45) is 0 Å². The molecule has 0 radical (unpaired) electrons. The molecule has 19 heavy (non-hydrogen) atoms. The third-order valence-corrected chi connectivity index (χ3v) is 4.19. The van der Waals surface area contributed by atoms with Gasteiger partial charge in [-0.05, 0) is 24.6 Å². The number of nitrogens with zero attached hydrogens (tertiary/aromatic N) is 1. The minimum Gasteiger partial charge on any atom is -0.464 e. The lowest BCUT2D eigenvalue weighted by Gasteiger charge is -1.98. The number of halogens is 2. The first-order valence-electron chi connectivity index (χ1n) is 5.59. The molecule has 0 fully saturated rings. The van der Waals surface area contributed by atoms with Gasteiger partial charge < -0.3 is 4.74 Å². The van der Waals surface area contributed by atoms with E-state index in [-0.39, 0.29) is 0 Å². The molecule has 100 valence electrons. The lowest BCUT2D eigenvalue weighted by Crippen LogP contribution is -2.04. The van der Waals surface area contributed by atoms with Crippen LogP contribution < -0.4 is 0 Å². The minimum absolute atomic E-state index is 0.362. The fraction of sp³-hybridized carbons (Fsp3) is 0.231. The third kappa shape index (κ3) is 3.08. The number of benzene rings is 1. The van der Waals surface area contributed by atoms with E-state index in [2.05, 4.69) is 4.98 Å². The first-order valence-corrected chi connectivity index (χ1v) is 7.17. The van der Waals surface area contributed by atoms with Crippen molar-refractivity contribution in [3.05, 3.63) is 38.8 Å². The summed E-state index contributed by atoms with van der Waals surface area (Å²) in [6.45, 7) is 1.97. The second-order valence-electron chi connectivity index (χ2n) is 3.79. The van der Waals surface area contributed by atoms with Gasteiger partial charge in [0.2, 0.25) is 0 Å². The van der Waals surface area contributed by atoms with Crippen LogP contribution >= 0.6 is 34.5 Å². The van der Waals surface area contributed by atoms with Crippen molar-refractivity contribution in [3.8, 4) is 10.6 Å². The zero-order valence-corrected chi connectivity index (χ0v) is 12.7. The van der Waals surface area contributed by atoms with E-state index in [9.17, 15) is 4.79 Å². The maximum Gasteiger partial charge on any atom is 0.357 e. The number of methoxy groups -OCH3 is 1. The smallest absolute Gasteiger partial charge is 0.357 e. The number of carbonyl (C=O) groups is 1. The van der Waals surface area contributed by atoms with E-state index in [1.54, 1.807) is 18.2 Å². The van der Waals surface area contributed by atoms with E-state index in [1.807, 2.05) is 6.92 Å². The summed E-state index contributed by atoms with van der Waals surface area (Å²) in [7, 11) is 1.34. The molecule has 0 saturated heterocycles. The topological polar surface area (TPSA) is 39.2 Å². The molecule has 0 unspecified atom stereocenters. The van der Waals surface area contributed by atoms with E-state index in [0.29, 0.717) is 20.7 Å². The van der Waals surface area contributed by atoms with Gasteiger partial charge in [-0.1, -0.05) is 30.1 Å². The van der Waals surface area contributed by atoms with Crippen LogP contribution in [0.2, 0.25) is 10.0 Å². The van der Waals surface area contributed by atoms with Crippen LogP contribution in [0.5, 0.6) is 0 Å². The van der Waals surface area contributed by atoms with Gasteiger partial charge in [0.25, 0.3) is 0 Å². The standard InChI is InChI=1S/C13H11Cl2NO2S/c1-3-10-11(13(17)18-2)16-12(19-10)7-4-8(14)6-9(15)5-7/h4-6H,3H2,1-2H3. The zero-order valence-electron chi connectivity index (χ0n) is 10.4. The fourth-order valence-corrected chi connectivity index (χ4v) is 3.15. The second kappa shape index (κ2) is 5.90. The Hall–Kier alpha value is -1.10. The Labute approximate surface area is 125 Å². The van der Waals surface area contributed by atoms with E-state index in [4.69, 9.17) is 27.9 Å². The summed E-state index contributed by atoms with van der Waals surface area (Å²) in [6, 6.07) is 5.20. The van der Waals surface area contributed by atoms with Crippen molar-refractivity contribution in [2.75, 3.05) is 7.11 Å². The van der Waals surface area contributed by atoms with Crippen molar-refractivity contribution < 1.29 is 9.53 Å². The number of aryl methyl sites for hydroxylation is 1. The monoisotopic (exact) mass is 315 g/mol. The number of aromatic nitrogens is 1. The Bertz CT molecular complexity index is 605. The number of carbonyl (C=O) groups excluding carboxylic acids is 1. The molecule has 1 aromatic heterocycles. The summed E-state index contributed by atoms with van der Waals surface area (Å²) in [4.78, 5) is 16.9. The van der Waals surface area contributed by atoms with Gasteiger partial charge in [-0.25, -0.2) is 9.78 Å². The van der Waals surface area contributed by atoms with Crippen molar-refractivity contribution >= 4 is 40.5 Å². The van der Waals surface area contributed by atoms with Gasteiger partial charge in [0.05, 0.1) is 7.11 Å². The van der Waals surface area contributed by atoms with Crippen LogP contribution in [0.25, 0.3) is 10.6 Å². The largest absolute Gasteiger partial charge is 0.464 e. The number of thiazole rings is 1. The van der Waals surface area contributed by atoms with Gasteiger partial charge in [-0.2, -0.15) is 0 Å². The van der Waals surface area contributed by atoms with Crippen LogP contribution in [0.4, 0.5) is 0 Å². The number of rotatable bonds is 3. The Morgan fingerprint density at radius 2 is 1.95 bits per heavy atom. The highest BCUT2D eigenvalue weighted by molar-refractivity contribution is 7.15. The van der Waals surface area contributed by atoms with Crippen molar-refractivity contribution in [2.45, 2.75) is 13.3 Å². The summed E-state index contributed by atoms with van der Waals surface area (Å²) in [6.07, 6.45) is 0.719. The predicted octanol–water partition coefficient (Wildman–Crippen LogP) is 4.47. The van der Waals surface area contributed by atoms with Crippen LogP contribution in [0.3, 0.4) is 0 Å². The van der Waals surface area contributed by atoms with E-state index in [0.717, 1.165) is 16.9 Å². The summed E-state index contributed by atoms with van der Waals surface area (Å²) in [5, 5.41) is 1.78. The molecule has 0 amide bonds. The van der Waals surface area contributed by atoms with Crippen molar-refractivity contribution in [3.63, 3.8) is 0 Å². The summed E-state index contributed by atoms with van der Waals surface area (Å²) in [5.41, 5.74) is 1.16. The molecule has 0 aliphatic heterocycles. The molecule has 6 heteroatoms. The highest BCUT2D eigenvalue weighted by atomic mass is 35.5. The quantitative estimate of drug-likeness (QED) is 0.785. The van der Waals surface area contributed by atoms with Gasteiger partial charge >= 0.3 is 5.97 Å². The molecule has 0 saturated carbocycles. The van der Waals surface area contributed by atoms with Gasteiger partial charge in [0.15, 0.2) is 5.69 Å². The minimum atomic E-state index is -0.424. The summed E-state index contributed by atoms with van der Waals surface area (Å²) in [5.74, 6) is -0.424. The molecule has 1 heterocycles. The molecule has 0 spiro atoms. The Kier molecular flexibility index (Phi) is 4.45. The normalized spacial score (nSPS) is 10.5. The van der Waals surface area contributed by atoms with Crippen LogP contribution in [0.1, 0.15) is 22.3 Å². The third-order valence-electron chi connectivity index (χ3n) is 2.51. The molecule has 3 nitrogen and oxygen atoms in total.